The molecule has 4 rings (SSSR count). The van der Waals surface area contributed by atoms with E-state index in [4.69, 9.17) is 26.9 Å². The average molecular weight is 464 g/mol. The smallest absolute Gasteiger partial charge is 0.204 e. The van der Waals surface area contributed by atoms with Gasteiger partial charge in [0.2, 0.25) is 6.41 Å². The van der Waals surface area contributed by atoms with E-state index in [1.807, 2.05) is 13.0 Å². The van der Waals surface area contributed by atoms with Gasteiger partial charge in [0, 0.05) is 35.6 Å². The van der Waals surface area contributed by atoms with Crippen LogP contribution < -0.4 is 16.2 Å². The largest absolute Gasteiger partial charge is 0.490 e. The van der Waals surface area contributed by atoms with Gasteiger partial charge in [-0.15, -0.1) is 0 Å². The zero-order valence-electron chi connectivity index (χ0n) is 17.1. The molecule has 3 aromatic rings. The summed E-state index contributed by atoms with van der Waals surface area (Å²) >= 11 is 5.88. The standard InChI is InChI=1S/C22H18ClF3N2O.CH3NO/c1-11-10-29-22-13(11)7-20(15(9-27)12-4-2-3-5-17(12)24)28-21(22)14-6-16(23)19(26)8-18(14)25;2-1-3/h2-8,11,15H,9-10,27H2,1H3;1H,(H2,2,3). The van der Waals surface area contributed by atoms with Gasteiger partial charge in [-0.05, 0) is 23.8 Å². The topological polar surface area (TPSA) is 91.2 Å². The summed E-state index contributed by atoms with van der Waals surface area (Å²) in [5, 5.41) is -0.224. The lowest BCUT2D eigenvalue weighted by atomic mass is 9.91. The maximum Gasteiger partial charge on any atom is 0.204 e. The van der Waals surface area contributed by atoms with Crippen LogP contribution in [0.4, 0.5) is 13.2 Å². The van der Waals surface area contributed by atoms with Crippen LogP contribution in [-0.2, 0) is 4.79 Å². The minimum absolute atomic E-state index is 0.0212. The number of rotatable bonds is 4. The molecule has 4 N–H and O–H groups in total. The number of amides is 1. The van der Waals surface area contributed by atoms with Crippen LogP contribution in [0, 0.1) is 17.5 Å². The lowest BCUT2D eigenvalue weighted by molar-refractivity contribution is -0.106. The van der Waals surface area contributed by atoms with E-state index < -0.39 is 23.4 Å². The van der Waals surface area contributed by atoms with Gasteiger partial charge in [-0.25, -0.2) is 18.2 Å². The highest BCUT2D eigenvalue weighted by atomic mass is 35.5. The molecule has 2 heterocycles. The number of carbonyl (C=O) groups is 1. The Morgan fingerprint density at radius 2 is 1.88 bits per heavy atom. The van der Waals surface area contributed by atoms with E-state index in [9.17, 15) is 13.2 Å². The molecule has 1 aliphatic rings. The lowest BCUT2D eigenvalue weighted by Crippen LogP contribution is -2.17. The van der Waals surface area contributed by atoms with Crippen molar-refractivity contribution in [2.75, 3.05) is 13.2 Å². The fourth-order valence-corrected chi connectivity index (χ4v) is 3.78. The quantitative estimate of drug-likeness (QED) is 0.440. The normalized spacial score (nSPS) is 15.2. The SMILES string of the molecule is CC1COc2c1cc(C(CN)c1ccccc1F)nc2-c1cc(Cl)c(F)cc1F.NC=O. The van der Waals surface area contributed by atoms with E-state index in [1.165, 1.54) is 12.1 Å². The summed E-state index contributed by atoms with van der Waals surface area (Å²) in [7, 11) is 0. The van der Waals surface area contributed by atoms with Crippen LogP contribution in [0.3, 0.4) is 0 Å². The van der Waals surface area contributed by atoms with Crippen molar-refractivity contribution >= 4 is 18.0 Å². The van der Waals surface area contributed by atoms with E-state index >= 15 is 0 Å². The number of fused-ring (bicyclic) bond motifs is 1. The van der Waals surface area contributed by atoms with Crippen LogP contribution in [0.15, 0.2) is 42.5 Å². The van der Waals surface area contributed by atoms with Gasteiger partial charge in [0.05, 0.1) is 17.3 Å². The van der Waals surface area contributed by atoms with Gasteiger partial charge in [-0.3, -0.25) is 4.79 Å². The van der Waals surface area contributed by atoms with E-state index in [0.717, 1.165) is 5.56 Å². The van der Waals surface area contributed by atoms with Crippen molar-refractivity contribution in [2.24, 2.45) is 11.5 Å². The Balaban J connectivity index is 0.000000913. The molecule has 0 bridgehead atoms. The molecule has 0 saturated heterocycles. The van der Waals surface area contributed by atoms with Crippen molar-refractivity contribution < 1.29 is 22.7 Å². The van der Waals surface area contributed by atoms with E-state index in [2.05, 4.69) is 10.7 Å². The minimum Gasteiger partial charge on any atom is -0.490 e. The summed E-state index contributed by atoms with van der Waals surface area (Å²) < 4.78 is 48.4. The predicted octanol–water partition coefficient (Wildman–Crippen LogP) is 4.51. The molecular weight excluding hydrogens is 443 g/mol. The molecule has 0 radical (unpaired) electrons. The molecule has 1 amide bonds. The van der Waals surface area contributed by atoms with Crippen LogP contribution >= 0.6 is 11.6 Å². The fraction of sp³-hybridized carbons (Fsp3) is 0.217. The van der Waals surface area contributed by atoms with Crippen molar-refractivity contribution in [3.05, 3.63) is 81.8 Å². The summed E-state index contributed by atoms with van der Waals surface area (Å²) in [5.74, 6) is -2.15. The average Bonchev–Trinajstić information content (AvgIpc) is 3.14. The Bertz CT molecular complexity index is 1140. The first-order chi connectivity index (χ1) is 15.3. The number of carbonyl (C=O) groups excluding carboxylic acids is 1. The number of aromatic nitrogens is 1. The summed E-state index contributed by atoms with van der Waals surface area (Å²) in [5.41, 5.74) is 12.1. The first-order valence-electron chi connectivity index (χ1n) is 9.74. The van der Waals surface area contributed by atoms with Crippen molar-refractivity contribution in [2.45, 2.75) is 18.8 Å². The van der Waals surface area contributed by atoms with Crippen LogP contribution in [0.5, 0.6) is 5.75 Å². The summed E-state index contributed by atoms with van der Waals surface area (Å²) in [4.78, 5) is 13.2. The second-order valence-electron chi connectivity index (χ2n) is 7.22. The van der Waals surface area contributed by atoms with E-state index in [0.29, 0.717) is 29.7 Å². The molecule has 9 heteroatoms. The first kappa shape index (κ1) is 23.6. The highest BCUT2D eigenvalue weighted by Crippen LogP contribution is 2.44. The van der Waals surface area contributed by atoms with Gasteiger partial charge in [0.25, 0.3) is 0 Å². The predicted molar refractivity (Wildman–Crippen MR) is 116 cm³/mol. The van der Waals surface area contributed by atoms with Crippen molar-refractivity contribution in [3.8, 4) is 17.0 Å². The number of ether oxygens (including phenoxy) is 1. The van der Waals surface area contributed by atoms with Crippen LogP contribution in [0.1, 0.15) is 35.6 Å². The molecule has 2 atom stereocenters. The molecule has 0 aliphatic carbocycles. The van der Waals surface area contributed by atoms with Gasteiger partial charge in [-0.2, -0.15) is 0 Å². The zero-order chi connectivity index (χ0) is 23.4. The minimum atomic E-state index is -0.860. The molecule has 1 aliphatic heterocycles. The molecule has 1 aromatic heterocycles. The number of halogens is 4. The van der Waals surface area contributed by atoms with Crippen molar-refractivity contribution in [1.82, 2.24) is 4.98 Å². The highest BCUT2D eigenvalue weighted by Gasteiger charge is 2.30. The Morgan fingerprint density at radius 1 is 1.19 bits per heavy atom. The number of nitrogens with two attached hydrogens (primary N) is 2. The molecule has 0 fully saturated rings. The Labute approximate surface area is 188 Å². The van der Waals surface area contributed by atoms with E-state index in [-0.39, 0.29) is 35.2 Å². The number of hydrogen-bond donors (Lipinski definition) is 2. The van der Waals surface area contributed by atoms with Crippen molar-refractivity contribution in [1.29, 1.82) is 0 Å². The molecule has 2 unspecified atom stereocenters. The molecular formula is C23H21ClF3N3O2. The third kappa shape index (κ3) is 4.56. The monoisotopic (exact) mass is 463 g/mol. The molecule has 0 spiro atoms. The lowest BCUT2D eigenvalue weighted by Gasteiger charge is -2.19. The summed E-state index contributed by atoms with van der Waals surface area (Å²) in [6, 6.07) is 10.1. The van der Waals surface area contributed by atoms with Crippen LogP contribution in [-0.4, -0.2) is 24.5 Å². The number of benzene rings is 2. The van der Waals surface area contributed by atoms with Crippen LogP contribution in [0.2, 0.25) is 5.02 Å². The number of primary amides is 1. The maximum atomic E-state index is 14.6. The maximum absolute atomic E-state index is 14.6. The van der Waals surface area contributed by atoms with Gasteiger partial charge in [0.1, 0.15) is 28.9 Å². The Morgan fingerprint density at radius 3 is 2.53 bits per heavy atom. The molecule has 32 heavy (non-hydrogen) atoms. The first-order valence-corrected chi connectivity index (χ1v) is 10.1. The Hall–Kier alpha value is -3.10. The van der Waals surface area contributed by atoms with Gasteiger partial charge < -0.3 is 16.2 Å². The summed E-state index contributed by atoms with van der Waals surface area (Å²) in [6.45, 7) is 2.47. The second kappa shape index (κ2) is 10.0. The van der Waals surface area contributed by atoms with E-state index in [1.54, 1.807) is 18.2 Å². The van der Waals surface area contributed by atoms with Crippen LogP contribution in [0.25, 0.3) is 11.3 Å². The molecule has 0 saturated carbocycles. The number of hydrogen-bond acceptors (Lipinski definition) is 4. The third-order valence-electron chi connectivity index (χ3n) is 5.17. The fourth-order valence-electron chi connectivity index (χ4n) is 3.62. The third-order valence-corrected chi connectivity index (χ3v) is 5.46. The van der Waals surface area contributed by atoms with Gasteiger partial charge in [-0.1, -0.05) is 36.7 Å². The number of pyridine rings is 1. The molecule has 2 aromatic carbocycles. The molecule has 168 valence electrons. The zero-order valence-corrected chi connectivity index (χ0v) is 17.9. The van der Waals surface area contributed by atoms with Gasteiger partial charge >= 0.3 is 0 Å². The highest BCUT2D eigenvalue weighted by molar-refractivity contribution is 6.31. The second-order valence-corrected chi connectivity index (χ2v) is 7.63. The van der Waals surface area contributed by atoms with Crippen molar-refractivity contribution in [3.63, 3.8) is 0 Å². The molecule has 5 nitrogen and oxygen atoms in total. The summed E-state index contributed by atoms with van der Waals surface area (Å²) in [6.07, 6.45) is 0.250. The number of nitrogens with zero attached hydrogens (tertiary/aromatic N) is 1. The Kier molecular flexibility index (Phi) is 7.37. The van der Waals surface area contributed by atoms with Gasteiger partial charge in [0.15, 0.2) is 0 Å².